The maximum atomic E-state index is 12.5. The molecule has 1 aliphatic heterocycles. The van der Waals surface area contributed by atoms with Gasteiger partial charge in [0, 0.05) is 13.2 Å². The molecule has 0 aliphatic carbocycles. The normalized spacial score (nSPS) is 23.6. The monoisotopic (exact) mass is 282 g/mol. The van der Waals surface area contributed by atoms with Gasteiger partial charge in [-0.15, -0.1) is 0 Å². The number of hydrogen-bond acceptors (Lipinski definition) is 4. The molecular weight excluding hydrogens is 260 g/mol. The minimum atomic E-state index is -0.0912. The smallest absolute Gasteiger partial charge is 0.241 e. The Labute approximate surface area is 118 Å². The van der Waals surface area contributed by atoms with Crippen LogP contribution < -0.4 is 5.32 Å². The maximum absolute atomic E-state index is 12.5. The van der Waals surface area contributed by atoms with Gasteiger partial charge in [0.1, 0.15) is 6.17 Å². The van der Waals surface area contributed by atoms with Crippen molar-refractivity contribution in [3.8, 4) is 0 Å². The van der Waals surface area contributed by atoms with Crippen molar-refractivity contribution in [3.63, 3.8) is 0 Å². The average Bonchev–Trinajstić information content (AvgIpc) is 2.98. The molecule has 0 aromatic carbocycles. The van der Waals surface area contributed by atoms with Crippen LogP contribution in [0.4, 0.5) is 0 Å². The van der Waals surface area contributed by atoms with Crippen LogP contribution in [0.1, 0.15) is 32.5 Å². The summed E-state index contributed by atoms with van der Waals surface area (Å²) in [6, 6.07) is 1.98. The molecule has 1 aliphatic rings. The summed E-state index contributed by atoms with van der Waals surface area (Å²) < 4.78 is 5.39. The van der Waals surface area contributed by atoms with Gasteiger partial charge in [0.2, 0.25) is 5.91 Å². The van der Waals surface area contributed by atoms with Gasteiger partial charge in [-0.05, 0) is 35.2 Å². The zero-order valence-electron chi connectivity index (χ0n) is 11.8. The van der Waals surface area contributed by atoms with Crippen LogP contribution in [0.15, 0.2) is 16.8 Å². The zero-order chi connectivity index (χ0) is 13.8. The van der Waals surface area contributed by atoms with E-state index in [1.165, 1.54) is 0 Å². The van der Waals surface area contributed by atoms with Crippen LogP contribution in [0.3, 0.4) is 0 Å². The van der Waals surface area contributed by atoms with Crippen molar-refractivity contribution in [2.24, 2.45) is 5.92 Å². The third kappa shape index (κ3) is 3.16. The van der Waals surface area contributed by atoms with Crippen molar-refractivity contribution in [2.75, 3.05) is 19.8 Å². The third-order valence-corrected chi connectivity index (χ3v) is 4.11. The van der Waals surface area contributed by atoms with Gasteiger partial charge in [-0.2, -0.15) is 11.3 Å². The first-order chi connectivity index (χ1) is 9.15. The number of nitrogens with zero attached hydrogens (tertiary/aromatic N) is 1. The van der Waals surface area contributed by atoms with E-state index in [0.29, 0.717) is 25.7 Å². The fraction of sp³-hybridized carbons (Fsp3) is 0.643. The van der Waals surface area contributed by atoms with Crippen molar-refractivity contribution >= 4 is 17.2 Å². The van der Waals surface area contributed by atoms with Gasteiger partial charge in [-0.25, -0.2) is 0 Å². The second-order valence-electron chi connectivity index (χ2n) is 5.08. The van der Waals surface area contributed by atoms with E-state index >= 15 is 0 Å². The molecule has 2 heterocycles. The van der Waals surface area contributed by atoms with Crippen molar-refractivity contribution < 1.29 is 9.53 Å². The lowest BCUT2D eigenvalue weighted by Crippen LogP contribution is -2.35. The average molecular weight is 282 g/mol. The summed E-state index contributed by atoms with van der Waals surface area (Å²) in [4.78, 5) is 14.4. The Hall–Kier alpha value is -0.910. The first kappa shape index (κ1) is 14.5. The minimum absolute atomic E-state index is 0.00777. The van der Waals surface area contributed by atoms with Crippen molar-refractivity contribution in [1.29, 1.82) is 0 Å². The molecule has 19 heavy (non-hydrogen) atoms. The van der Waals surface area contributed by atoms with Gasteiger partial charge < -0.3 is 9.64 Å². The highest BCUT2D eigenvalue weighted by Gasteiger charge is 2.40. The molecule has 0 bridgehead atoms. The number of amides is 1. The summed E-state index contributed by atoms with van der Waals surface area (Å²) in [7, 11) is 0. The number of nitrogens with one attached hydrogen (secondary N) is 1. The summed E-state index contributed by atoms with van der Waals surface area (Å²) in [5.41, 5.74) is 1.16. The Morgan fingerprint density at radius 2 is 2.32 bits per heavy atom. The van der Waals surface area contributed by atoms with Crippen molar-refractivity contribution in [3.05, 3.63) is 22.4 Å². The second-order valence-corrected chi connectivity index (χ2v) is 5.86. The highest BCUT2D eigenvalue weighted by Crippen LogP contribution is 2.28. The van der Waals surface area contributed by atoms with E-state index in [-0.39, 0.29) is 18.1 Å². The lowest BCUT2D eigenvalue weighted by Gasteiger charge is -2.23. The van der Waals surface area contributed by atoms with Crippen molar-refractivity contribution in [2.45, 2.75) is 33.0 Å². The molecule has 0 spiro atoms. The molecule has 2 rings (SSSR count). The maximum Gasteiger partial charge on any atom is 0.241 e. The number of carbonyl (C=O) groups excluding carboxylic acids is 1. The fourth-order valence-corrected chi connectivity index (χ4v) is 3.05. The van der Waals surface area contributed by atoms with Crippen molar-refractivity contribution in [1.82, 2.24) is 10.2 Å². The van der Waals surface area contributed by atoms with Gasteiger partial charge in [-0.3, -0.25) is 10.1 Å². The van der Waals surface area contributed by atoms with E-state index in [9.17, 15) is 4.79 Å². The van der Waals surface area contributed by atoms with Gasteiger partial charge in [0.15, 0.2) is 0 Å². The van der Waals surface area contributed by atoms with E-state index in [2.05, 4.69) is 30.6 Å². The Balaban J connectivity index is 2.12. The molecule has 5 heteroatoms. The molecule has 1 saturated heterocycles. The molecule has 2 atom stereocenters. The quantitative estimate of drug-likeness (QED) is 0.814. The summed E-state index contributed by atoms with van der Waals surface area (Å²) >= 11 is 1.66. The Bertz CT molecular complexity index is 406. The number of carbonyl (C=O) groups is 1. The fourth-order valence-electron chi connectivity index (χ4n) is 2.37. The lowest BCUT2D eigenvalue weighted by atomic mass is 10.1. The Morgan fingerprint density at radius 3 is 2.89 bits per heavy atom. The standard InChI is InChI=1S/C14H22N2O2S/c1-4-18-7-6-16-13(11-5-8-19-9-11)15-12(10(2)3)14(16)17/h5,8-10,12-13,15H,4,6-7H2,1-3H3. The van der Waals surface area contributed by atoms with Gasteiger partial charge in [0.05, 0.1) is 12.6 Å². The van der Waals surface area contributed by atoms with E-state index < -0.39 is 0 Å². The summed E-state index contributed by atoms with van der Waals surface area (Å²) in [5, 5.41) is 7.59. The summed E-state index contributed by atoms with van der Waals surface area (Å²) in [5.74, 6) is 0.483. The molecule has 1 fully saturated rings. The van der Waals surface area contributed by atoms with E-state index in [1.54, 1.807) is 11.3 Å². The number of hydrogen-bond donors (Lipinski definition) is 1. The van der Waals surface area contributed by atoms with E-state index in [0.717, 1.165) is 5.56 Å². The van der Waals surface area contributed by atoms with E-state index in [4.69, 9.17) is 4.74 Å². The first-order valence-corrected chi connectivity index (χ1v) is 7.75. The van der Waals surface area contributed by atoms with Crippen LogP contribution in [0, 0.1) is 5.92 Å². The molecule has 0 saturated carbocycles. The van der Waals surface area contributed by atoms with Gasteiger partial charge >= 0.3 is 0 Å². The topological polar surface area (TPSA) is 41.6 Å². The zero-order valence-corrected chi connectivity index (χ0v) is 12.6. The molecule has 0 radical (unpaired) electrons. The molecule has 106 valence electrons. The van der Waals surface area contributed by atoms with E-state index in [1.807, 2.05) is 17.2 Å². The molecule has 1 N–H and O–H groups in total. The minimum Gasteiger partial charge on any atom is -0.380 e. The van der Waals surface area contributed by atoms with Crippen LogP contribution >= 0.6 is 11.3 Å². The lowest BCUT2D eigenvalue weighted by molar-refractivity contribution is -0.131. The first-order valence-electron chi connectivity index (χ1n) is 6.81. The SMILES string of the molecule is CCOCCN1C(=O)C(C(C)C)NC1c1ccsc1. The van der Waals surface area contributed by atoms with Crippen LogP contribution in [0.5, 0.6) is 0 Å². The molecule has 4 nitrogen and oxygen atoms in total. The van der Waals surface area contributed by atoms with Crippen LogP contribution in [0.2, 0.25) is 0 Å². The molecule has 1 amide bonds. The highest BCUT2D eigenvalue weighted by molar-refractivity contribution is 7.07. The van der Waals surface area contributed by atoms with Crippen LogP contribution in [-0.2, 0) is 9.53 Å². The molecule has 1 aromatic rings. The number of rotatable bonds is 6. The van der Waals surface area contributed by atoms with Crippen LogP contribution in [0.25, 0.3) is 0 Å². The van der Waals surface area contributed by atoms with Crippen LogP contribution in [-0.4, -0.2) is 36.6 Å². The Kier molecular flexibility index (Phi) is 4.96. The van der Waals surface area contributed by atoms with Gasteiger partial charge in [-0.1, -0.05) is 13.8 Å². The summed E-state index contributed by atoms with van der Waals surface area (Å²) in [6.07, 6.45) is -0.00777. The third-order valence-electron chi connectivity index (χ3n) is 3.40. The molecular formula is C14H22N2O2S. The van der Waals surface area contributed by atoms with Gasteiger partial charge in [0.25, 0.3) is 0 Å². The second kappa shape index (κ2) is 6.50. The molecule has 2 unspecified atom stereocenters. The largest absolute Gasteiger partial charge is 0.380 e. The predicted molar refractivity (Wildman–Crippen MR) is 77.0 cm³/mol. The Morgan fingerprint density at radius 1 is 1.53 bits per heavy atom. The number of thiophene rings is 1. The predicted octanol–water partition coefficient (Wildman–Crippen LogP) is 2.24. The molecule has 1 aromatic heterocycles. The summed E-state index contributed by atoms with van der Waals surface area (Å²) in [6.45, 7) is 8.04. The number of ether oxygens (including phenoxy) is 1. The highest BCUT2D eigenvalue weighted by atomic mass is 32.1.